The predicted octanol–water partition coefficient (Wildman–Crippen LogP) is 1.86. The van der Waals surface area contributed by atoms with Gasteiger partial charge in [-0.15, -0.1) is 0 Å². The number of aryl methyl sites for hydroxylation is 1. The minimum atomic E-state index is -0.314. The Labute approximate surface area is 170 Å². The lowest BCUT2D eigenvalue weighted by molar-refractivity contribution is -0.125. The smallest absolute Gasteiger partial charge is 0.265 e. The second-order valence-electron chi connectivity index (χ2n) is 7.09. The molecule has 3 rings (SSSR count). The molecule has 0 aromatic heterocycles. The third-order valence-corrected chi connectivity index (χ3v) is 4.66. The molecule has 29 heavy (non-hydrogen) atoms. The van der Waals surface area contributed by atoms with Crippen molar-refractivity contribution in [3.8, 4) is 5.75 Å². The topological polar surface area (TPSA) is 79.0 Å². The van der Waals surface area contributed by atoms with E-state index in [1.54, 1.807) is 32.3 Å². The van der Waals surface area contributed by atoms with Crippen LogP contribution in [0.25, 0.3) is 0 Å². The molecule has 1 aliphatic heterocycles. The summed E-state index contributed by atoms with van der Waals surface area (Å²) in [7, 11) is 3.31. The molecule has 7 nitrogen and oxygen atoms in total. The molecule has 0 unspecified atom stereocenters. The molecule has 3 amide bonds. The first-order valence-corrected chi connectivity index (χ1v) is 9.55. The molecule has 7 heteroatoms. The second-order valence-corrected chi connectivity index (χ2v) is 7.09. The zero-order valence-electron chi connectivity index (χ0n) is 16.7. The van der Waals surface area contributed by atoms with Crippen LogP contribution in [0.4, 0.5) is 5.69 Å². The van der Waals surface area contributed by atoms with E-state index < -0.39 is 0 Å². The first-order valence-electron chi connectivity index (χ1n) is 9.55. The van der Waals surface area contributed by atoms with Gasteiger partial charge in [-0.2, -0.15) is 0 Å². The maximum Gasteiger partial charge on any atom is 0.265 e. The Morgan fingerprint density at radius 2 is 1.90 bits per heavy atom. The average molecular weight is 395 g/mol. The van der Waals surface area contributed by atoms with Crippen LogP contribution >= 0.6 is 0 Å². The van der Waals surface area contributed by atoms with Crippen molar-refractivity contribution in [2.45, 2.75) is 12.8 Å². The minimum Gasteiger partial charge on any atom is -0.482 e. The summed E-state index contributed by atoms with van der Waals surface area (Å²) in [5.74, 6) is -0.261. The van der Waals surface area contributed by atoms with E-state index in [0.29, 0.717) is 23.5 Å². The molecule has 0 fully saturated rings. The van der Waals surface area contributed by atoms with Crippen LogP contribution in [-0.2, 0) is 16.0 Å². The van der Waals surface area contributed by atoms with Crippen LogP contribution in [-0.4, -0.2) is 56.4 Å². The maximum atomic E-state index is 12.4. The van der Waals surface area contributed by atoms with Crippen molar-refractivity contribution in [3.05, 3.63) is 59.7 Å². The fraction of sp³-hybridized carbons (Fsp3) is 0.318. The molecule has 0 saturated carbocycles. The molecule has 1 heterocycles. The fourth-order valence-corrected chi connectivity index (χ4v) is 3.13. The highest BCUT2D eigenvalue weighted by Crippen LogP contribution is 2.33. The number of rotatable bonds is 7. The zero-order chi connectivity index (χ0) is 20.8. The highest BCUT2D eigenvalue weighted by Gasteiger charge is 2.28. The normalized spacial score (nSPS) is 12.8. The van der Waals surface area contributed by atoms with E-state index in [9.17, 15) is 14.4 Å². The molecule has 152 valence electrons. The molecule has 0 aliphatic carbocycles. The van der Waals surface area contributed by atoms with Crippen molar-refractivity contribution in [1.82, 2.24) is 10.2 Å². The molecule has 0 radical (unpaired) electrons. The Hall–Kier alpha value is -3.35. The van der Waals surface area contributed by atoms with Crippen molar-refractivity contribution >= 4 is 23.4 Å². The van der Waals surface area contributed by atoms with E-state index in [-0.39, 0.29) is 30.9 Å². The van der Waals surface area contributed by atoms with Crippen molar-refractivity contribution in [3.63, 3.8) is 0 Å². The predicted molar refractivity (Wildman–Crippen MR) is 110 cm³/mol. The fourth-order valence-electron chi connectivity index (χ4n) is 3.13. The van der Waals surface area contributed by atoms with Crippen molar-refractivity contribution in [2.24, 2.45) is 0 Å². The SMILES string of the molecule is CN(C)C(=O)c1ccc2c(c1)N(CC(=O)NCCCc1ccccc1)C(=O)CO2. The number of carbonyl (C=O) groups is 3. The highest BCUT2D eigenvalue weighted by atomic mass is 16.5. The van der Waals surface area contributed by atoms with Gasteiger partial charge in [-0.25, -0.2) is 0 Å². The lowest BCUT2D eigenvalue weighted by Crippen LogP contribution is -2.45. The number of benzene rings is 2. The summed E-state index contributed by atoms with van der Waals surface area (Å²) in [5.41, 5.74) is 2.09. The minimum absolute atomic E-state index is 0.111. The van der Waals surface area contributed by atoms with E-state index in [1.165, 1.54) is 15.4 Å². The zero-order valence-corrected chi connectivity index (χ0v) is 16.7. The third-order valence-electron chi connectivity index (χ3n) is 4.66. The molecule has 0 atom stereocenters. The molecular weight excluding hydrogens is 370 g/mol. The summed E-state index contributed by atoms with van der Waals surface area (Å²) in [4.78, 5) is 39.8. The lowest BCUT2D eigenvalue weighted by Gasteiger charge is -2.29. The van der Waals surface area contributed by atoms with Crippen molar-refractivity contribution in [2.75, 3.05) is 38.7 Å². The Morgan fingerprint density at radius 1 is 1.14 bits per heavy atom. The van der Waals surface area contributed by atoms with Gasteiger partial charge in [0.1, 0.15) is 12.3 Å². The summed E-state index contributed by atoms with van der Waals surface area (Å²) in [6.07, 6.45) is 1.68. The number of nitrogens with zero attached hydrogens (tertiary/aromatic N) is 2. The Kier molecular flexibility index (Phi) is 6.49. The van der Waals surface area contributed by atoms with Gasteiger partial charge >= 0.3 is 0 Å². The summed E-state index contributed by atoms with van der Waals surface area (Å²) in [6.45, 7) is 0.285. The second kappa shape index (κ2) is 9.23. The summed E-state index contributed by atoms with van der Waals surface area (Å²) in [5, 5.41) is 2.86. The van der Waals surface area contributed by atoms with Gasteiger partial charge < -0.3 is 15.0 Å². The number of hydrogen-bond donors (Lipinski definition) is 1. The first kappa shape index (κ1) is 20.4. The molecule has 1 N–H and O–H groups in total. The first-order chi connectivity index (χ1) is 14.0. The van der Waals surface area contributed by atoms with Gasteiger partial charge in [0.25, 0.3) is 11.8 Å². The number of fused-ring (bicyclic) bond motifs is 1. The molecule has 2 aromatic rings. The van der Waals surface area contributed by atoms with Gasteiger partial charge in [-0.1, -0.05) is 30.3 Å². The monoisotopic (exact) mass is 395 g/mol. The van der Waals surface area contributed by atoms with E-state index in [0.717, 1.165) is 12.8 Å². The molecule has 2 aromatic carbocycles. The van der Waals surface area contributed by atoms with Crippen molar-refractivity contribution < 1.29 is 19.1 Å². The molecule has 0 bridgehead atoms. The highest BCUT2D eigenvalue weighted by molar-refractivity contribution is 6.04. The number of hydrogen-bond acceptors (Lipinski definition) is 4. The van der Waals surface area contributed by atoms with Crippen LogP contribution in [0.3, 0.4) is 0 Å². The summed E-state index contributed by atoms with van der Waals surface area (Å²) in [6, 6.07) is 15.0. The number of ether oxygens (including phenoxy) is 1. The van der Waals surface area contributed by atoms with Gasteiger partial charge in [0.2, 0.25) is 5.91 Å². The van der Waals surface area contributed by atoms with Gasteiger partial charge in [0, 0.05) is 26.2 Å². The van der Waals surface area contributed by atoms with Gasteiger partial charge in [0.15, 0.2) is 6.61 Å². The molecule has 0 spiro atoms. The van der Waals surface area contributed by atoms with Gasteiger partial charge in [-0.3, -0.25) is 19.3 Å². The maximum absolute atomic E-state index is 12.4. The quantitative estimate of drug-likeness (QED) is 0.726. The van der Waals surface area contributed by atoms with E-state index in [1.807, 2.05) is 18.2 Å². The Bertz CT molecular complexity index is 896. The molecule has 0 saturated heterocycles. The van der Waals surface area contributed by atoms with Gasteiger partial charge in [-0.05, 0) is 36.6 Å². The van der Waals surface area contributed by atoms with Crippen LogP contribution in [0.15, 0.2) is 48.5 Å². The lowest BCUT2D eigenvalue weighted by atomic mass is 10.1. The van der Waals surface area contributed by atoms with Crippen LogP contribution in [0.5, 0.6) is 5.75 Å². The molecular formula is C22H25N3O4. The Morgan fingerprint density at radius 3 is 2.62 bits per heavy atom. The number of anilines is 1. The standard InChI is InChI=1S/C22H25N3O4/c1-24(2)22(28)17-10-11-19-18(13-17)25(21(27)15-29-19)14-20(26)23-12-6-9-16-7-4-3-5-8-16/h3-5,7-8,10-11,13H,6,9,12,14-15H2,1-2H3,(H,23,26). The number of carbonyl (C=O) groups excluding carboxylic acids is 3. The van der Waals surface area contributed by atoms with Crippen LogP contribution in [0.2, 0.25) is 0 Å². The van der Waals surface area contributed by atoms with Crippen LogP contribution < -0.4 is 15.0 Å². The van der Waals surface area contributed by atoms with Crippen LogP contribution in [0.1, 0.15) is 22.3 Å². The molecule has 1 aliphatic rings. The number of amides is 3. The van der Waals surface area contributed by atoms with Crippen LogP contribution in [0, 0.1) is 0 Å². The van der Waals surface area contributed by atoms with E-state index in [2.05, 4.69) is 17.4 Å². The summed E-state index contributed by atoms with van der Waals surface area (Å²) >= 11 is 0. The average Bonchev–Trinajstić information content (AvgIpc) is 2.73. The third kappa shape index (κ3) is 5.13. The van der Waals surface area contributed by atoms with E-state index in [4.69, 9.17) is 4.74 Å². The Balaban J connectivity index is 1.61. The van der Waals surface area contributed by atoms with Gasteiger partial charge in [0.05, 0.1) is 5.69 Å². The van der Waals surface area contributed by atoms with E-state index >= 15 is 0 Å². The largest absolute Gasteiger partial charge is 0.482 e. The number of nitrogens with one attached hydrogen (secondary N) is 1. The van der Waals surface area contributed by atoms with Crippen molar-refractivity contribution in [1.29, 1.82) is 0 Å². The summed E-state index contributed by atoms with van der Waals surface area (Å²) < 4.78 is 5.44.